The van der Waals surface area contributed by atoms with Gasteiger partial charge in [-0.3, -0.25) is 9.59 Å². The maximum Gasteiger partial charge on any atom is 0.249 e. The van der Waals surface area contributed by atoms with Crippen LogP contribution in [-0.2, 0) is 22.4 Å². The Labute approximate surface area is 160 Å². The molecule has 2 heterocycles. The summed E-state index contributed by atoms with van der Waals surface area (Å²) in [6.45, 7) is 6.32. The molecular weight excluding hydrogens is 338 g/mol. The third-order valence-corrected chi connectivity index (χ3v) is 5.55. The van der Waals surface area contributed by atoms with Crippen molar-refractivity contribution in [2.75, 3.05) is 21.7 Å². The summed E-state index contributed by atoms with van der Waals surface area (Å²) in [5, 5.41) is 3.35. The largest absolute Gasteiger partial charge is 0.374 e. The zero-order chi connectivity index (χ0) is 19.1. The number of carbonyl (C=O) groups is 2. The number of benzene rings is 2. The van der Waals surface area contributed by atoms with Crippen LogP contribution in [0.25, 0.3) is 0 Å². The number of hydrogen-bond acceptors (Lipinski definition) is 3. The van der Waals surface area contributed by atoms with Crippen molar-refractivity contribution in [3.8, 4) is 0 Å². The van der Waals surface area contributed by atoms with Crippen LogP contribution >= 0.6 is 0 Å². The number of amides is 2. The Bertz CT molecular complexity index is 908. The van der Waals surface area contributed by atoms with Crippen molar-refractivity contribution in [3.05, 3.63) is 53.6 Å². The van der Waals surface area contributed by atoms with Crippen LogP contribution in [0.15, 0.2) is 42.5 Å². The van der Waals surface area contributed by atoms with Crippen LogP contribution in [-0.4, -0.2) is 30.4 Å². The van der Waals surface area contributed by atoms with Gasteiger partial charge in [0.25, 0.3) is 0 Å². The Kier molecular flexibility index (Phi) is 4.38. The van der Waals surface area contributed by atoms with Crippen molar-refractivity contribution in [2.45, 2.75) is 45.7 Å². The maximum atomic E-state index is 13.1. The molecule has 0 aromatic heterocycles. The van der Waals surface area contributed by atoms with Crippen LogP contribution in [0.4, 0.5) is 17.1 Å². The van der Waals surface area contributed by atoms with E-state index in [-0.39, 0.29) is 23.9 Å². The van der Waals surface area contributed by atoms with Gasteiger partial charge in [0.2, 0.25) is 11.8 Å². The lowest BCUT2D eigenvalue weighted by atomic mass is 10.1. The third-order valence-electron chi connectivity index (χ3n) is 5.55. The van der Waals surface area contributed by atoms with Crippen LogP contribution in [0.1, 0.15) is 31.9 Å². The summed E-state index contributed by atoms with van der Waals surface area (Å²) in [6, 6.07) is 13.9. The molecule has 0 spiro atoms. The van der Waals surface area contributed by atoms with Gasteiger partial charge in [0.15, 0.2) is 0 Å². The summed E-state index contributed by atoms with van der Waals surface area (Å²) in [4.78, 5) is 28.5. The molecule has 0 fully saturated rings. The van der Waals surface area contributed by atoms with Crippen molar-refractivity contribution in [1.29, 1.82) is 0 Å². The highest BCUT2D eigenvalue weighted by atomic mass is 16.2. The molecule has 0 unspecified atom stereocenters. The number of anilines is 3. The van der Waals surface area contributed by atoms with E-state index in [1.807, 2.05) is 42.2 Å². The van der Waals surface area contributed by atoms with E-state index in [2.05, 4.69) is 24.4 Å². The average Bonchev–Trinajstić information content (AvgIpc) is 3.20. The highest BCUT2D eigenvalue weighted by molar-refractivity contribution is 6.01. The number of rotatable bonds is 3. The van der Waals surface area contributed by atoms with Gasteiger partial charge in [-0.2, -0.15) is 0 Å². The summed E-state index contributed by atoms with van der Waals surface area (Å²) < 4.78 is 0. The van der Waals surface area contributed by atoms with E-state index in [1.54, 1.807) is 11.8 Å². The molecule has 5 nitrogen and oxygen atoms in total. The minimum Gasteiger partial charge on any atom is -0.374 e. The van der Waals surface area contributed by atoms with E-state index in [0.717, 1.165) is 42.0 Å². The van der Waals surface area contributed by atoms with Crippen molar-refractivity contribution in [3.63, 3.8) is 0 Å². The van der Waals surface area contributed by atoms with Gasteiger partial charge in [-0.1, -0.05) is 18.2 Å². The predicted octanol–water partition coefficient (Wildman–Crippen LogP) is 3.37. The van der Waals surface area contributed by atoms with Crippen LogP contribution in [0, 0.1) is 0 Å². The van der Waals surface area contributed by atoms with Gasteiger partial charge < -0.3 is 15.1 Å². The minimum atomic E-state index is -0.332. The standard InChI is InChI=1S/C22H25N3O2/c1-14-12-17-6-4-5-7-21(17)25(14)22(27)15(2)23-19-8-9-20-18(13-19)10-11-24(20)16(3)26/h4-9,13-15,23H,10-12H2,1-3H3/t14-,15-/m1/s1. The summed E-state index contributed by atoms with van der Waals surface area (Å²) >= 11 is 0. The number of fused-ring (bicyclic) bond motifs is 2. The van der Waals surface area contributed by atoms with Crippen molar-refractivity contribution in [1.82, 2.24) is 0 Å². The summed E-state index contributed by atoms with van der Waals surface area (Å²) in [7, 11) is 0. The second-order valence-electron chi connectivity index (χ2n) is 7.52. The summed E-state index contributed by atoms with van der Waals surface area (Å²) in [6.07, 6.45) is 1.75. The SMILES string of the molecule is CC(=O)N1CCc2cc(N[C@H](C)C(=O)N3c4ccccc4C[C@H]3C)ccc21. The first-order valence-corrected chi connectivity index (χ1v) is 9.54. The van der Waals surface area contributed by atoms with Gasteiger partial charge in [0, 0.05) is 36.6 Å². The summed E-state index contributed by atoms with van der Waals surface area (Å²) in [5.41, 5.74) is 5.30. The Morgan fingerprint density at radius 1 is 1.11 bits per heavy atom. The number of para-hydroxylation sites is 1. The van der Waals surface area contributed by atoms with Crippen molar-refractivity contribution >= 4 is 28.9 Å². The first-order valence-electron chi connectivity index (χ1n) is 9.54. The number of carbonyl (C=O) groups excluding carboxylic acids is 2. The number of nitrogens with zero attached hydrogens (tertiary/aromatic N) is 2. The first-order chi connectivity index (χ1) is 13.0. The second kappa shape index (κ2) is 6.72. The first kappa shape index (κ1) is 17.6. The average molecular weight is 363 g/mol. The lowest BCUT2D eigenvalue weighted by Gasteiger charge is -2.27. The van der Waals surface area contributed by atoms with Crippen molar-refractivity contribution in [2.24, 2.45) is 0 Å². The zero-order valence-electron chi connectivity index (χ0n) is 16.0. The molecular formula is C22H25N3O2. The van der Waals surface area contributed by atoms with Gasteiger partial charge in [-0.25, -0.2) is 0 Å². The zero-order valence-corrected chi connectivity index (χ0v) is 16.0. The third kappa shape index (κ3) is 3.07. The molecule has 2 aromatic carbocycles. The molecule has 2 aliphatic heterocycles. The summed E-state index contributed by atoms with van der Waals surface area (Å²) in [5.74, 6) is 0.151. The van der Waals surface area contributed by atoms with Gasteiger partial charge >= 0.3 is 0 Å². The Morgan fingerprint density at radius 3 is 2.67 bits per heavy atom. The van der Waals surface area contributed by atoms with Gasteiger partial charge in [0.1, 0.15) is 6.04 Å². The fourth-order valence-electron chi connectivity index (χ4n) is 4.24. The van der Waals surface area contributed by atoms with Gasteiger partial charge in [0.05, 0.1) is 0 Å². The highest BCUT2D eigenvalue weighted by Crippen LogP contribution is 2.33. The molecule has 140 valence electrons. The monoisotopic (exact) mass is 363 g/mol. The van der Waals surface area contributed by atoms with Crippen LogP contribution < -0.4 is 15.1 Å². The fourth-order valence-corrected chi connectivity index (χ4v) is 4.24. The molecule has 0 bridgehead atoms. The number of nitrogens with one attached hydrogen (secondary N) is 1. The second-order valence-corrected chi connectivity index (χ2v) is 7.52. The smallest absolute Gasteiger partial charge is 0.249 e. The predicted molar refractivity (Wildman–Crippen MR) is 108 cm³/mol. The van der Waals surface area contributed by atoms with Crippen LogP contribution in [0.5, 0.6) is 0 Å². The van der Waals surface area contributed by atoms with E-state index in [4.69, 9.17) is 0 Å². The lowest BCUT2D eigenvalue weighted by Crippen LogP contribution is -2.44. The molecule has 1 N–H and O–H groups in total. The minimum absolute atomic E-state index is 0.0692. The number of hydrogen-bond donors (Lipinski definition) is 1. The topological polar surface area (TPSA) is 52.7 Å². The lowest BCUT2D eigenvalue weighted by molar-refractivity contribution is -0.119. The molecule has 0 radical (unpaired) electrons. The molecule has 2 aromatic rings. The maximum absolute atomic E-state index is 13.1. The molecule has 2 atom stereocenters. The molecule has 5 heteroatoms. The molecule has 27 heavy (non-hydrogen) atoms. The molecule has 2 aliphatic rings. The quantitative estimate of drug-likeness (QED) is 0.910. The van der Waals surface area contributed by atoms with Crippen LogP contribution in [0.2, 0.25) is 0 Å². The van der Waals surface area contributed by atoms with Crippen LogP contribution in [0.3, 0.4) is 0 Å². The van der Waals surface area contributed by atoms with Crippen molar-refractivity contribution < 1.29 is 9.59 Å². The Hall–Kier alpha value is -2.82. The molecule has 4 rings (SSSR count). The van der Waals surface area contributed by atoms with E-state index in [0.29, 0.717) is 0 Å². The highest BCUT2D eigenvalue weighted by Gasteiger charge is 2.33. The molecule has 2 amide bonds. The molecule has 0 aliphatic carbocycles. The van der Waals surface area contributed by atoms with E-state index in [9.17, 15) is 9.59 Å². The Morgan fingerprint density at radius 2 is 1.89 bits per heavy atom. The molecule has 0 saturated carbocycles. The van der Waals surface area contributed by atoms with Gasteiger partial charge in [-0.05, 0) is 62.1 Å². The normalized spacial score (nSPS) is 18.9. The van der Waals surface area contributed by atoms with E-state index >= 15 is 0 Å². The Balaban J connectivity index is 1.51. The van der Waals surface area contributed by atoms with E-state index in [1.165, 1.54) is 5.56 Å². The van der Waals surface area contributed by atoms with Gasteiger partial charge in [-0.15, -0.1) is 0 Å². The molecule has 0 saturated heterocycles. The van der Waals surface area contributed by atoms with E-state index < -0.39 is 0 Å². The fraction of sp³-hybridized carbons (Fsp3) is 0.364.